The third kappa shape index (κ3) is 6.52. The van der Waals surface area contributed by atoms with E-state index in [4.69, 9.17) is 9.47 Å². The first-order valence-corrected chi connectivity index (χ1v) is 11.9. The summed E-state index contributed by atoms with van der Waals surface area (Å²) in [4.78, 5) is 12.2. The van der Waals surface area contributed by atoms with Crippen molar-refractivity contribution in [2.45, 2.75) is 70.9 Å². The highest BCUT2D eigenvalue weighted by atomic mass is 16.6. The minimum Gasteiger partial charge on any atom is -0.508 e. The Morgan fingerprint density at radius 3 is 2.29 bits per heavy atom. The number of aryl methyl sites for hydroxylation is 2. The van der Waals surface area contributed by atoms with Gasteiger partial charge in [-0.2, -0.15) is 0 Å². The normalized spacial score (nSPS) is 24.4. The van der Waals surface area contributed by atoms with Crippen LogP contribution in [-0.4, -0.2) is 69.1 Å². The molecule has 0 aliphatic heterocycles. The first-order chi connectivity index (χ1) is 16.5. The number of carbonyl (C=O) groups excluding carboxylic acids is 1. The van der Waals surface area contributed by atoms with E-state index in [9.17, 15) is 30.3 Å². The van der Waals surface area contributed by atoms with Crippen LogP contribution in [0, 0.1) is 19.8 Å². The number of esters is 1. The number of aliphatic hydroxyl groups excluding tert-OH is 4. The zero-order valence-corrected chi connectivity index (χ0v) is 20.6. The summed E-state index contributed by atoms with van der Waals surface area (Å²) in [5.41, 5.74) is 5.18. The van der Waals surface area contributed by atoms with E-state index < -0.39 is 36.3 Å². The van der Waals surface area contributed by atoms with Crippen molar-refractivity contribution in [3.8, 4) is 11.5 Å². The number of carbonyl (C=O) groups is 1. The first-order valence-electron chi connectivity index (χ1n) is 11.9. The first kappa shape index (κ1) is 26.9. The van der Waals surface area contributed by atoms with Crippen molar-refractivity contribution in [3.63, 3.8) is 0 Å². The molecule has 0 heterocycles. The van der Waals surface area contributed by atoms with Crippen molar-refractivity contribution in [1.29, 1.82) is 0 Å². The van der Waals surface area contributed by atoms with E-state index in [0.29, 0.717) is 17.9 Å². The second-order valence-corrected chi connectivity index (χ2v) is 9.77. The minimum atomic E-state index is -1.50. The zero-order chi connectivity index (χ0) is 25.9. The highest BCUT2D eigenvalue weighted by Gasteiger charge is 2.42. The predicted molar refractivity (Wildman–Crippen MR) is 130 cm³/mol. The van der Waals surface area contributed by atoms with Crippen LogP contribution >= 0.6 is 0 Å². The Bertz CT molecular complexity index is 1010. The number of hydrogen-bond donors (Lipinski definition) is 5. The number of hydrogen-bond acceptors (Lipinski definition) is 8. The van der Waals surface area contributed by atoms with Crippen molar-refractivity contribution in [2.75, 3.05) is 13.2 Å². The molecule has 1 aliphatic rings. The zero-order valence-electron chi connectivity index (χ0n) is 20.6. The number of rotatable bonds is 8. The molecule has 8 nitrogen and oxygen atoms in total. The van der Waals surface area contributed by atoms with E-state index in [1.54, 1.807) is 6.07 Å². The molecule has 35 heavy (non-hydrogen) atoms. The Labute approximate surface area is 205 Å². The second-order valence-electron chi connectivity index (χ2n) is 9.77. The van der Waals surface area contributed by atoms with Crippen LogP contribution in [0.2, 0.25) is 0 Å². The maximum Gasteiger partial charge on any atom is 0.344 e. The van der Waals surface area contributed by atoms with Crippen LogP contribution in [0.5, 0.6) is 11.5 Å². The molecule has 1 saturated carbocycles. The summed E-state index contributed by atoms with van der Waals surface area (Å²) in [6, 6.07) is 9.40. The molecule has 0 unspecified atom stereocenters. The molecular formula is C27H36O8. The van der Waals surface area contributed by atoms with Gasteiger partial charge in [0.1, 0.15) is 23.7 Å². The maximum absolute atomic E-state index is 12.2. The summed E-state index contributed by atoms with van der Waals surface area (Å²) < 4.78 is 10.8. The van der Waals surface area contributed by atoms with Gasteiger partial charge in [-0.1, -0.05) is 26.0 Å². The van der Waals surface area contributed by atoms with E-state index >= 15 is 0 Å². The third-order valence-corrected chi connectivity index (χ3v) is 6.70. The number of phenols is 1. The lowest BCUT2D eigenvalue weighted by molar-refractivity contribution is -0.173. The fourth-order valence-electron chi connectivity index (χ4n) is 4.54. The van der Waals surface area contributed by atoms with E-state index in [1.165, 1.54) is 0 Å². The van der Waals surface area contributed by atoms with E-state index in [2.05, 4.69) is 0 Å². The van der Waals surface area contributed by atoms with Gasteiger partial charge < -0.3 is 35.0 Å². The van der Waals surface area contributed by atoms with Crippen molar-refractivity contribution in [3.05, 3.63) is 58.1 Å². The molecule has 2 aromatic rings. The summed E-state index contributed by atoms with van der Waals surface area (Å²) in [5.74, 6) is -0.281. The van der Waals surface area contributed by atoms with Crippen LogP contribution < -0.4 is 4.74 Å². The fraction of sp³-hybridized carbons (Fsp3) is 0.519. The van der Waals surface area contributed by atoms with Crippen LogP contribution in [0.25, 0.3) is 0 Å². The molecule has 8 heteroatoms. The van der Waals surface area contributed by atoms with Gasteiger partial charge in [0.15, 0.2) is 6.61 Å². The molecule has 0 aromatic heterocycles. The second kappa shape index (κ2) is 11.4. The van der Waals surface area contributed by atoms with Gasteiger partial charge in [0.2, 0.25) is 0 Å². The highest BCUT2D eigenvalue weighted by Crippen LogP contribution is 2.30. The van der Waals surface area contributed by atoms with Crippen LogP contribution in [0.3, 0.4) is 0 Å². The Hall–Kier alpha value is -2.65. The summed E-state index contributed by atoms with van der Waals surface area (Å²) in [7, 11) is 0. The average Bonchev–Trinajstić information content (AvgIpc) is 2.81. The average molecular weight is 489 g/mol. The number of aliphatic hydroxyl groups is 4. The minimum absolute atomic E-state index is 0.00702. The maximum atomic E-state index is 12.2. The molecule has 1 fully saturated rings. The molecule has 0 bridgehead atoms. The Balaban J connectivity index is 1.57. The molecule has 2 aromatic carbocycles. The number of aromatic hydroxyl groups is 1. The molecule has 1 aliphatic carbocycles. The molecule has 0 amide bonds. The van der Waals surface area contributed by atoms with Crippen LogP contribution in [0.15, 0.2) is 30.3 Å². The summed E-state index contributed by atoms with van der Waals surface area (Å²) >= 11 is 0. The molecule has 0 saturated heterocycles. The Morgan fingerprint density at radius 1 is 1.00 bits per heavy atom. The number of ether oxygens (including phenoxy) is 2. The predicted octanol–water partition coefficient (Wildman–Crippen LogP) is 2.11. The van der Waals surface area contributed by atoms with E-state index in [-0.39, 0.29) is 25.6 Å². The lowest BCUT2D eigenvalue weighted by atomic mass is 9.81. The fourth-order valence-corrected chi connectivity index (χ4v) is 4.54. The van der Waals surface area contributed by atoms with Gasteiger partial charge in [-0.05, 0) is 78.6 Å². The summed E-state index contributed by atoms with van der Waals surface area (Å²) in [6.45, 7) is 7.51. The lowest BCUT2D eigenvalue weighted by Crippen LogP contribution is -2.54. The SMILES string of the molecule is Cc1cc(OCC(=O)OC[C@H]2C[C@@H](O)[C@H](O)[C@@H](O)[C@@H]2O)cc(C)c1Cc1ccc(O)c(C(C)C)c1. The van der Waals surface area contributed by atoms with Crippen LogP contribution in [-0.2, 0) is 16.0 Å². The lowest BCUT2D eigenvalue weighted by Gasteiger charge is -2.37. The van der Waals surface area contributed by atoms with Gasteiger partial charge in [0.05, 0.1) is 18.8 Å². The quantitative estimate of drug-likeness (QED) is 0.357. The van der Waals surface area contributed by atoms with Crippen molar-refractivity contribution < 1.29 is 39.8 Å². The van der Waals surface area contributed by atoms with Gasteiger partial charge in [0.25, 0.3) is 0 Å². The molecule has 5 N–H and O–H groups in total. The third-order valence-electron chi connectivity index (χ3n) is 6.70. The largest absolute Gasteiger partial charge is 0.508 e. The summed E-state index contributed by atoms with van der Waals surface area (Å²) in [6.07, 6.45) is -4.72. The van der Waals surface area contributed by atoms with Gasteiger partial charge in [-0.25, -0.2) is 4.79 Å². The molecule has 5 atom stereocenters. The molecule has 192 valence electrons. The van der Waals surface area contributed by atoms with Crippen molar-refractivity contribution in [2.24, 2.45) is 5.92 Å². The van der Waals surface area contributed by atoms with Gasteiger partial charge in [0, 0.05) is 5.92 Å². The van der Waals surface area contributed by atoms with Crippen molar-refractivity contribution in [1.82, 2.24) is 0 Å². The van der Waals surface area contributed by atoms with Crippen LogP contribution in [0.4, 0.5) is 0 Å². The topological polar surface area (TPSA) is 137 Å². The van der Waals surface area contributed by atoms with Gasteiger partial charge in [-0.3, -0.25) is 0 Å². The van der Waals surface area contributed by atoms with Crippen LogP contribution in [0.1, 0.15) is 54.0 Å². The monoisotopic (exact) mass is 488 g/mol. The smallest absolute Gasteiger partial charge is 0.344 e. The Kier molecular flexibility index (Phi) is 8.77. The number of phenolic OH excluding ortho intramolecular Hbond substituents is 1. The molecule has 0 radical (unpaired) electrons. The molecule has 3 rings (SSSR count). The molecular weight excluding hydrogens is 452 g/mol. The summed E-state index contributed by atoms with van der Waals surface area (Å²) in [5, 5.41) is 49.3. The Morgan fingerprint density at radius 2 is 1.66 bits per heavy atom. The van der Waals surface area contributed by atoms with E-state index in [1.807, 2.05) is 52.0 Å². The van der Waals surface area contributed by atoms with Gasteiger partial charge >= 0.3 is 5.97 Å². The van der Waals surface area contributed by atoms with Gasteiger partial charge in [-0.15, -0.1) is 0 Å². The van der Waals surface area contributed by atoms with E-state index in [0.717, 1.165) is 27.8 Å². The highest BCUT2D eigenvalue weighted by molar-refractivity contribution is 5.71. The number of benzene rings is 2. The molecule has 0 spiro atoms. The standard InChI is InChI=1S/C27H36O8/c1-14(2)20-9-17(5-6-22(20)28)10-21-15(3)7-19(8-16(21)4)34-13-24(30)35-12-18-11-23(29)26(32)27(33)25(18)31/h5-9,14,18,23,25-29,31-33H,10-13H2,1-4H3/t18-,23-,25-,26+,27+/m1/s1. The van der Waals surface area contributed by atoms with Crippen molar-refractivity contribution >= 4 is 5.97 Å².